The summed E-state index contributed by atoms with van der Waals surface area (Å²) in [6.45, 7) is 1.81. The molecule has 2 aromatic rings. The number of carbonyl (C=O) groups excluding carboxylic acids is 2. The van der Waals surface area contributed by atoms with E-state index in [0.29, 0.717) is 5.56 Å². The maximum atomic E-state index is 12.0. The second kappa shape index (κ2) is 5.56. The molecule has 1 aromatic heterocycles. The van der Waals surface area contributed by atoms with Crippen LogP contribution in [0.5, 0.6) is 5.88 Å². The summed E-state index contributed by atoms with van der Waals surface area (Å²) in [6.07, 6.45) is 0. The quantitative estimate of drug-likeness (QED) is 0.797. The lowest BCUT2D eigenvalue weighted by atomic mass is 10.1. The van der Waals surface area contributed by atoms with Crippen LogP contribution in [-0.2, 0) is 11.8 Å². The second-order valence-corrected chi connectivity index (χ2v) is 4.19. The average Bonchev–Trinajstić information content (AvgIpc) is 2.79. The first-order valence-corrected chi connectivity index (χ1v) is 5.93. The molecule has 0 atom stereocenters. The Morgan fingerprint density at radius 3 is 2.55 bits per heavy atom. The first-order chi connectivity index (χ1) is 9.52. The van der Waals surface area contributed by atoms with Gasteiger partial charge in [-0.3, -0.25) is 4.68 Å². The Kier molecular flexibility index (Phi) is 3.84. The van der Waals surface area contributed by atoms with E-state index < -0.39 is 11.9 Å². The van der Waals surface area contributed by atoms with E-state index in [-0.39, 0.29) is 11.6 Å². The van der Waals surface area contributed by atoms with Crippen LogP contribution in [0.15, 0.2) is 30.3 Å². The molecule has 0 N–H and O–H groups in total. The highest BCUT2D eigenvalue weighted by Crippen LogP contribution is 2.15. The monoisotopic (exact) mass is 274 g/mol. The van der Waals surface area contributed by atoms with Gasteiger partial charge in [0.25, 0.3) is 0 Å². The van der Waals surface area contributed by atoms with Gasteiger partial charge in [0.1, 0.15) is 5.69 Å². The molecule has 1 heterocycles. The van der Waals surface area contributed by atoms with E-state index in [1.54, 1.807) is 19.2 Å². The Hall–Kier alpha value is -2.63. The highest BCUT2D eigenvalue weighted by molar-refractivity contribution is 5.93. The average molecular weight is 274 g/mol. The van der Waals surface area contributed by atoms with E-state index in [1.165, 1.54) is 17.9 Å². The minimum Gasteiger partial charge on any atom is -0.464 e. The van der Waals surface area contributed by atoms with Gasteiger partial charge in [0.2, 0.25) is 5.88 Å². The number of aryl methyl sites for hydroxylation is 2. The number of aromatic nitrogens is 2. The number of benzene rings is 1. The highest BCUT2D eigenvalue weighted by atomic mass is 16.5. The van der Waals surface area contributed by atoms with Crippen molar-refractivity contribution < 1.29 is 19.1 Å². The summed E-state index contributed by atoms with van der Waals surface area (Å²) in [7, 11) is 2.84. The fourth-order valence-corrected chi connectivity index (χ4v) is 1.74. The summed E-state index contributed by atoms with van der Waals surface area (Å²) in [5.74, 6) is -1.00. The number of rotatable bonds is 3. The molecule has 6 nitrogen and oxygen atoms in total. The van der Waals surface area contributed by atoms with Crippen molar-refractivity contribution >= 4 is 11.9 Å². The zero-order valence-electron chi connectivity index (χ0n) is 11.4. The van der Waals surface area contributed by atoms with Crippen molar-refractivity contribution in [1.82, 2.24) is 9.78 Å². The summed E-state index contributed by atoms with van der Waals surface area (Å²) < 4.78 is 11.1. The van der Waals surface area contributed by atoms with Gasteiger partial charge >= 0.3 is 11.9 Å². The van der Waals surface area contributed by atoms with E-state index in [2.05, 4.69) is 9.84 Å². The molecule has 0 saturated heterocycles. The van der Waals surface area contributed by atoms with E-state index in [0.717, 1.165) is 5.56 Å². The van der Waals surface area contributed by atoms with Gasteiger partial charge in [0.05, 0.1) is 12.7 Å². The molecule has 0 bridgehead atoms. The maximum Gasteiger partial charge on any atom is 0.356 e. The summed E-state index contributed by atoms with van der Waals surface area (Å²) in [6, 6.07) is 8.43. The number of esters is 2. The standard InChI is InChI=1S/C14H14N2O4/c1-9-6-4-5-7-10(9)13(17)20-12-8-11(14(18)19-3)16(2)15-12/h4-8H,1-3H3. The third-order valence-corrected chi connectivity index (χ3v) is 2.81. The minimum absolute atomic E-state index is 0.0566. The number of ether oxygens (including phenoxy) is 2. The van der Waals surface area contributed by atoms with Gasteiger partial charge < -0.3 is 9.47 Å². The Morgan fingerprint density at radius 2 is 1.90 bits per heavy atom. The summed E-state index contributed by atoms with van der Waals surface area (Å²) in [5.41, 5.74) is 1.47. The molecule has 2 rings (SSSR count). The zero-order chi connectivity index (χ0) is 14.7. The van der Waals surface area contributed by atoms with E-state index in [9.17, 15) is 9.59 Å². The Labute approximate surface area is 115 Å². The van der Waals surface area contributed by atoms with Crippen molar-refractivity contribution in [3.8, 4) is 5.88 Å². The fourth-order valence-electron chi connectivity index (χ4n) is 1.74. The molecule has 0 aliphatic rings. The molecule has 104 valence electrons. The van der Waals surface area contributed by atoms with Crippen molar-refractivity contribution in [2.24, 2.45) is 7.05 Å². The molecule has 0 spiro atoms. The van der Waals surface area contributed by atoms with Gasteiger partial charge in [0, 0.05) is 13.1 Å². The highest BCUT2D eigenvalue weighted by Gasteiger charge is 2.17. The van der Waals surface area contributed by atoms with Crippen molar-refractivity contribution in [3.63, 3.8) is 0 Å². The van der Waals surface area contributed by atoms with Crippen molar-refractivity contribution in [1.29, 1.82) is 0 Å². The zero-order valence-corrected chi connectivity index (χ0v) is 11.4. The molecule has 1 aromatic carbocycles. The lowest BCUT2D eigenvalue weighted by molar-refractivity contribution is 0.0587. The van der Waals surface area contributed by atoms with Crippen LogP contribution in [0.4, 0.5) is 0 Å². The van der Waals surface area contributed by atoms with Crippen LogP contribution in [0.2, 0.25) is 0 Å². The largest absolute Gasteiger partial charge is 0.464 e. The number of hydrogen-bond donors (Lipinski definition) is 0. The number of methoxy groups -OCH3 is 1. The topological polar surface area (TPSA) is 70.4 Å². The molecule has 0 unspecified atom stereocenters. The van der Waals surface area contributed by atoms with Crippen LogP contribution in [0, 0.1) is 6.92 Å². The Morgan fingerprint density at radius 1 is 1.20 bits per heavy atom. The first-order valence-electron chi connectivity index (χ1n) is 5.93. The predicted octanol–water partition coefficient (Wildman–Crippen LogP) is 1.73. The maximum absolute atomic E-state index is 12.0. The number of hydrogen-bond acceptors (Lipinski definition) is 5. The lowest BCUT2D eigenvalue weighted by Crippen LogP contribution is -2.10. The summed E-state index contributed by atoms with van der Waals surface area (Å²) >= 11 is 0. The van der Waals surface area contributed by atoms with Gasteiger partial charge in [-0.25, -0.2) is 9.59 Å². The third-order valence-electron chi connectivity index (χ3n) is 2.81. The van der Waals surface area contributed by atoms with Crippen molar-refractivity contribution in [2.75, 3.05) is 7.11 Å². The van der Waals surface area contributed by atoms with Crippen LogP contribution in [0.1, 0.15) is 26.4 Å². The summed E-state index contributed by atoms with van der Waals surface area (Å²) in [4.78, 5) is 23.4. The number of nitrogens with zero attached hydrogens (tertiary/aromatic N) is 2. The molecule has 0 saturated carbocycles. The SMILES string of the molecule is COC(=O)c1cc(OC(=O)c2ccccc2C)nn1C. The molecule has 6 heteroatoms. The van der Waals surface area contributed by atoms with Crippen LogP contribution in [0.3, 0.4) is 0 Å². The molecule has 0 fully saturated rings. The third kappa shape index (κ3) is 2.69. The molecular formula is C14H14N2O4. The molecule has 0 radical (unpaired) electrons. The van der Waals surface area contributed by atoms with Crippen molar-refractivity contribution in [2.45, 2.75) is 6.92 Å². The van der Waals surface area contributed by atoms with Gasteiger partial charge in [0.15, 0.2) is 0 Å². The van der Waals surface area contributed by atoms with Gasteiger partial charge in [-0.15, -0.1) is 5.10 Å². The van der Waals surface area contributed by atoms with Gasteiger partial charge in [-0.2, -0.15) is 0 Å². The second-order valence-electron chi connectivity index (χ2n) is 4.19. The van der Waals surface area contributed by atoms with Crippen LogP contribution in [-0.4, -0.2) is 28.8 Å². The van der Waals surface area contributed by atoms with E-state index in [1.807, 2.05) is 19.1 Å². The minimum atomic E-state index is -0.543. The van der Waals surface area contributed by atoms with Gasteiger partial charge in [-0.1, -0.05) is 18.2 Å². The normalized spacial score (nSPS) is 10.2. The van der Waals surface area contributed by atoms with Gasteiger partial charge in [-0.05, 0) is 18.6 Å². The predicted molar refractivity (Wildman–Crippen MR) is 70.7 cm³/mol. The van der Waals surface area contributed by atoms with Crippen LogP contribution >= 0.6 is 0 Å². The number of carbonyl (C=O) groups is 2. The molecular weight excluding hydrogens is 260 g/mol. The summed E-state index contributed by atoms with van der Waals surface area (Å²) in [5, 5.41) is 3.95. The van der Waals surface area contributed by atoms with E-state index in [4.69, 9.17) is 4.74 Å². The molecule has 0 amide bonds. The van der Waals surface area contributed by atoms with Crippen LogP contribution < -0.4 is 4.74 Å². The molecule has 0 aliphatic heterocycles. The fraction of sp³-hybridized carbons (Fsp3) is 0.214. The van der Waals surface area contributed by atoms with E-state index >= 15 is 0 Å². The molecule has 20 heavy (non-hydrogen) atoms. The first kappa shape index (κ1) is 13.8. The Bertz CT molecular complexity index is 661. The smallest absolute Gasteiger partial charge is 0.356 e. The Balaban J connectivity index is 2.21. The van der Waals surface area contributed by atoms with Crippen molar-refractivity contribution in [3.05, 3.63) is 47.2 Å². The lowest BCUT2D eigenvalue weighted by Gasteiger charge is -2.03. The molecule has 0 aliphatic carbocycles. The van der Waals surface area contributed by atoms with Crippen LogP contribution in [0.25, 0.3) is 0 Å².